The summed E-state index contributed by atoms with van der Waals surface area (Å²) in [4.78, 5) is 36.5. The highest BCUT2D eigenvalue weighted by molar-refractivity contribution is 7.17. The summed E-state index contributed by atoms with van der Waals surface area (Å²) in [5, 5.41) is 13.8. The predicted molar refractivity (Wildman–Crippen MR) is 123 cm³/mol. The average Bonchev–Trinajstić information content (AvgIpc) is 3.09. The number of anilines is 1. The summed E-state index contributed by atoms with van der Waals surface area (Å²) in [5.74, 6) is -0.511. The lowest BCUT2D eigenvalue weighted by Gasteiger charge is -2.10. The first-order valence-corrected chi connectivity index (χ1v) is 10.7. The lowest BCUT2D eigenvalue weighted by molar-refractivity contribution is -0.384. The molecule has 0 saturated carbocycles. The molecule has 1 N–H and O–H groups in total. The van der Waals surface area contributed by atoms with Crippen molar-refractivity contribution in [3.63, 3.8) is 0 Å². The highest BCUT2D eigenvalue weighted by Crippen LogP contribution is 2.41. The fraction of sp³-hybridized carbons (Fsp3) is 0.182. The number of carbonyl (C=O) groups excluding carboxylic acids is 2. The molecule has 1 heterocycles. The van der Waals surface area contributed by atoms with E-state index in [0.717, 1.165) is 16.5 Å². The third kappa shape index (κ3) is 4.74. The van der Waals surface area contributed by atoms with E-state index in [2.05, 4.69) is 5.32 Å². The number of rotatable bonds is 7. The van der Waals surface area contributed by atoms with Crippen LogP contribution in [0.2, 0.25) is 5.02 Å². The van der Waals surface area contributed by atoms with E-state index in [4.69, 9.17) is 21.1 Å². The molecule has 0 saturated heterocycles. The number of nitro groups is 1. The van der Waals surface area contributed by atoms with Gasteiger partial charge in [0.15, 0.2) is 0 Å². The maximum atomic E-state index is 12.8. The number of methoxy groups -OCH3 is 1. The molecule has 0 unspecified atom stereocenters. The van der Waals surface area contributed by atoms with Crippen molar-refractivity contribution in [1.82, 2.24) is 0 Å². The molecule has 32 heavy (non-hydrogen) atoms. The van der Waals surface area contributed by atoms with Crippen LogP contribution in [0, 0.1) is 17.0 Å². The van der Waals surface area contributed by atoms with Gasteiger partial charge in [-0.05, 0) is 37.6 Å². The Balaban J connectivity index is 2.00. The highest BCUT2D eigenvalue weighted by Gasteiger charge is 2.26. The zero-order valence-electron chi connectivity index (χ0n) is 17.4. The summed E-state index contributed by atoms with van der Waals surface area (Å²) >= 11 is 7.29. The van der Waals surface area contributed by atoms with E-state index >= 15 is 0 Å². The van der Waals surface area contributed by atoms with Crippen LogP contribution < -0.4 is 10.1 Å². The van der Waals surface area contributed by atoms with Crippen LogP contribution in [0.3, 0.4) is 0 Å². The van der Waals surface area contributed by atoms with Crippen molar-refractivity contribution in [1.29, 1.82) is 0 Å². The third-order valence-corrected chi connectivity index (χ3v) is 5.90. The van der Waals surface area contributed by atoms with Crippen molar-refractivity contribution in [3.05, 3.63) is 73.6 Å². The van der Waals surface area contributed by atoms with E-state index in [1.807, 2.05) is 26.0 Å². The van der Waals surface area contributed by atoms with Crippen LogP contribution >= 0.6 is 22.9 Å². The average molecular weight is 475 g/mol. The topological polar surface area (TPSA) is 108 Å². The summed E-state index contributed by atoms with van der Waals surface area (Å²) in [5.41, 5.74) is 1.42. The molecule has 0 fully saturated rings. The molecule has 0 atom stereocenters. The Morgan fingerprint density at radius 1 is 1.19 bits per heavy atom. The van der Waals surface area contributed by atoms with Crippen molar-refractivity contribution in [2.75, 3.05) is 19.0 Å². The SMILES string of the molecule is CCOc1ccc(-c2c(C)sc(NC(=O)c3ccc([N+](=O)[O-])cc3Cl)c2C(=O)OC)cc1. The van der Waals surface area contributed by atoms with Crippen molar-refractivity contribution in [2.24, 2.45) is 0 Å². The second-order valence-electron chi connectivity index (χ2n) is 6.56. The van der Waals surface area contributed by atoms with Crippen LogP contribution in [-0.4, -0.2) is 30.5 Å². The molecule has 0 aliphatic heterocycles. The van der Waals surface area contributed by atoms with Crippen molar-refractivity contribution in [2.45, 2.75) is 13.8 Å². The van der Waals surface area contributed by atoms with Gasteiger partial charge in [-0.15, -0.1) is 11.3 Å². The summed E-state index contributed by atoms with van der Waals surface area (Å²) in [6, 6.07) is 10.8. The van der Waals surface area contributed by atoms with Crippen LogP contribution in [0.25, 0.3) is 11.1 Å². The van der Waals surface area contributed by atoms with Gasteiger partial charge in [0.2, 0.25) is 0 Å². The van der Waals surface area contributed by atoms with Crippen LogP contribution in [0.15, 0.2) is 42.5 Å². The number of nitrogens with one attached hydrogen (secondary N) is 1. The number of esters is 1. The Hall–Kier alpha value is -3.43. The first-order valence-electron chi connectivity index (χ1n) is 9.47. The van der Waals surface area contributed by atoms with Gasteiger partial charge in [-0.3, -0.25) is 14.9 Å². The van der Waals surface area contributed by atoms with Crippen LogP contribution in [-0.2, 0) is 4.74 Å². The normalized spacial score (nSPS) is 10.5. The molecule has 3 aromatic rings. The van der Waals surface area contributed by atoms with Gasteiger partial charge < -0.3 is 14.8 Å². The van der Waals surface area contributed by atoms with Gasteiger partial charge >= 0.3 is 5.97 Å². The van der Waals surface area contributed by atoms with Gasteiger partial charge in [0, 0.05) is 22.6 Å². The van der Waals surface area contributed by atoms with Gasteiger partial charge in [-0.25, -0.2) is 4.79 Å². The van der Waals surface area contributed by atoms with Crippen LogP contribution in [0.4, 0.5) is 10.7 Å². The van der Waals surface area contributed by atoms with Gasteiger partial charge in [0.25, 0.3) is 11.6 Å². The van der Waals surface area contributed by atoms with Crippen LogP contribution in [0.1, 0.15) is 32.5 Å². The Labute approximate surface area is 192 Å². The van der Waals surface area contributed by atoms with Crippen LogP contribution in [0.5, 0.6) is 5.75 Å². The summed E-state index contributed by atoms with van der Waals surface area (Å²) in [6.07, 6.45) is 0. The van der Waals surface area contributed by atoms with Gasteiger partial charge in [-0.2, -0.15) is 0 Å². The second-order valence-corrected chi connectivity index (χ2v) is 8.19. The molecule has 0 bridgehead atoms. The van der Waals surface area contributed by atoms with Crippen molar-refractivity contribution >= 4 is 45.5 Å². The minimum Gasteiger partial charge on any atom is -0.494 e. The molecule has 0 aliphatic carbocycles. The quantitative estimate of drug-likeness (QED) is 0.266. The number of nitrogens with zero attached hydrogens (tertiary/aromatic N) is 1. The van der Waals surface area contributed by atoms with E-state index in [1.54, 1.807) is 12.1 Å². The lowest BCUT2D eigenvalue weighted by atomic mass is 10.0. The number of carbonyl (C=O) groups is 2. The minimum absolute atomic E-state index is 0.0433. The van der Waals surface area contributed by atoms with Crippen molar-refractivity contribution in [3.8, 4) is 16.9 Å². The van der Waals surface area contributed by atoms with Gasteiger partial charge in [0.1, 0.15) is 16.3 Å². The number of hydrogen-bond donors (Lipinski definition) is 1. The fourth-order valence-corrected chi connectivity index (χ4v) is 4.45. The number of thiophene rings is 1. The number of amides is 1. The van der Waals surface area contributed by atoms with E-state index in [1.165, 1.54) is 30.6 Å². The number of nitro benzene ring substituents is 1. The Kier molecular flexibility index (Phi) is 7.12. The predicted octanol–water partition coefficient (Wildman–Crippen LogP) is 5.72. The number of benzene rings is 2. The molecule has 166 valence electrons. The number of ether oxygens (including phenoxy) is 2. The molecule has 10 heteroatoms. The molecule has 0 radical (unpaired) electrons. The highest BCUT2D eigenvalue weighted by atomic mass is 35.5. The number of hydrogen-bond acceptors (Lipinski definition) is 7. The molecule has 1 aromatic heterocycles. The molecule has 8 nitrogen and oxygen atoms in total. The summed E-state index contributed by atoms with van der Waals surface area (Å²) < 4.78 is 10.4. The minimum atomic E-state index is -0.608. The monoisotopic (exact) mass is 474 g/mol. The Morgan fingerprint density at radius 3 is 2.44 bits per heavy atom. The first-order chi connectivity index (χ1) is 15.3. The third-order valence-electron chi connectivity index (χ3n) is 4.56. The summed E-state index contributed by atoms with van der Waals surface area (Å²) in [7, 11) is 1.26. The zero-order valence-corrected chi connectivity index (χ0v) is 19.0. The number of aryl methyl sites for hydroxylation is 1. The van der Waals surface area contributed by atoms with Gasteiger partial charge in [-0.1, -0.05) is 23.7 Å². The van der Waals surface area contributed by atoms with E-state index in [0.29, 0.717) is 17.9 Å². The second kappa shape index (κ2) is 9.80. The maximum Gasteiger partial charge on any atom is 0.341 e. The lowest BCUT2D eigenvalue weighted by Crippen LogP contribution is -2.14. The van der Waals surface area contributed by atoms with Gasteiger partial charge in [0.05, 0.1) is 29.2 Å². The molecular weight excluding hydrogens is 456 g/mol. The Bertz CT molecular complexity index is 1190. The zero-order chi connectivity index (χ0) is 23.4. The van der Waals surface area contributed by atoms with E-state index < -0.39 is 16.8 Å². The smallest absolute Gasteiger partial charge is 0.341 e. The maximum absolute atomic E-state index is 12.8. The molecule has 1 amide bonds. The Morgan fingerprint density at radius 2 is 1.88 bits per heavy atom. The number of halogens is 1. The fourth-order valence-electron chi connectivity index (χ4n) is 3.13. The standard InChI is InChI=1S/C22H19ClN2O6S/c1-4-31-15-8-5-13(6-9-15)18-12(2)32-21(19(18)22(27)30-3)24-20(26)16-10-7-14(25(28)29)11-17(16)23/h5-11H,4H2,1-3H3,(H,24,26). The molecule has 2 aromatic carbocycles. The summed E-state index contributed by atoms with van der Waals surface area (Å²) in [6.45, 7) is 4.25. The molecule has 3 rings (SSSR count). The van der Waals surface area contributed by atoms with E-state index in [9.17, 15) is 19.7 Å². The molecular formula is C22H19ClN2O6S. The molecule has 0 aliphatic rings. The largest absolute Gasteiger partial charge is 0.494 e. The van der Waals surface area contributed by atoms with Crippen molar-refractivity contribution < 1.29 is 24.0 Å². The van der Waals surface area contributed by atoms with E-state index in [-0.39, 0.29) is 26.8 Å². The first kappa shape index (κ1) is 23.2. The number of non-ortho nitro benzene ring substituents is 1. The molecule has 0 spiro atoms.